The van der Waals surface area contributed by atoms with Crippen LogP contribution >= 0.6 is 0 Å². The third-order valence-electron chi connectivity index (χ3n) is 4.13. The average molecular weight is 383 g/mol. The minimum absolute atomic E-state index is 0.0435. The fourth-order valence-electron chi connectivity index (χ4n) is 2.74. The Labute approximate surface area is 151 Å². The summed E-state index contributed by atoms with van der Waals surface area (Å²) in [6.45, 7) is -1.05. The van der Waals surface area contributed by atoms with Gasteiger partial charge in [0.25, 0.3) is 0 Å². The maximum absolute atomic E-state index is 14.6. The zero-order valence-electron chi connectivity index (χ0n) is 14.0. The Morgan fingerprint density at radius 3 is 2.85 bits per heavy atom. The first-order valence-corrected chi connectivity index (χ1v) is 7.66. The summed E-state index contributed by atoms with van der Waals surface area (Å²) in [6, 6.07) is 1.47. The van der Waals surface area contributed by atoms with Crippen molar-refractivity contribution in [1.82, 2.24) is 0 Å². The van der Waals surface area contributed by atoms with Gasteiger partial charge in [-0.15, -0.1) is 0 Å². The van der Waals surface area contributed by atoms with E-state index in [0.717, 1.165) is 24.3 Å². The monoisotopic (exact) mass is 383 g/mol. The molecule has 1 unspecified atom stereocenters. The summed E-state index contributed by atoms with van der Waals surface area (Å²) >= 11 is 0. The number of methoxy groups -OCH3 is 1. The van der Waals surface area contributed by atoms with E-state index in [1.807, 2.05) is 0 Å². The van der Waals surface area contributed by atoms with Crippen molar-refractivity contribution in [2.24, 2.45) is 0 Å². The summed E-state index contributed by atoms with van der Waals surface area (Å²) in [7, 11) is 1.09. The van der Waals surface area contributed by atoms with E-state index in [4.69, 9.17) is 9.47 Å². The number of nitro benzene ring substituents is 1. The van der Waals surface area contributed by atoms with E-state index in [2.05, 4.69) is 4.74 Å². The molecule has 0 aromatic heterocycles. The molecule has 11 nitrogen and oxygen atoms in total. The molecule has 2 aliphatic rings. The van der Waals surface area contributed by atoms with Crippen molar-refractivity contribution < 1.29 is 37.8 Å². The number of esters is 1. The predicted octanol–water partition coefficient (Wildman–Crippen LogP) is 0.776. The van der Waals surface area contributed by atoms with E-state index in [1.165, 1.54) is 0 Å². The third-order valence-corrected chi connectivity index (χ3v) is 4.13. The molecule has 1 amide bonds. The van der Waals surface area contributed by atoms with Crippen LogP contribution in [0.5, 0.6) is 5.75 Å². The van der Waals surface area contributed by atoms with Gasteiger partial charge in [0.1, 0.15) is 13.2 Å². The predicted molar refractivity (Wildman–Crippen MR) is 85.4 cm³/mol. The topological polar surface area (TPSA) is 131 Å². The number of anilines is 1. The van der Waals surface area contributed by atoms with Gasteiger partial charge in [0.15, 0.2) is 25.4 Å². The van der Waals surface area contributed by atoms with Crippen LogP contribution in [-0.4, -0.2) is 55.0 Å². The van der Waals surface area contributed by atoms with Gasteiger partial charge in [-0.2, -0.15) is 0 Å². The normalized spacial score (nSPS) is 21.2. The average Bonchev–Trinajstić information content (AvgIpc) is 2.90. The van der Waals surface area contributed by atoms with E-state index in [-0.39, 0.29) is 18.8 Å². The van der Waals surface area contributed by atoms with Gasteiger partial charge in [0.05, 0.1) is 17.7 Å². The zero-order chi connectivity index (χ0) is 19.8. The summed E-state index contributed by atoms with van der Waals surface area (Å²) in [6.07, 6.45) is 1.03. The number of hydroxylamine groups is 3. The fourth-order valence-corrected chi connectivity index (χ4v) is 2.74. The number of carbonyl (C=O) groups excluding carboxylic acids is 2. The lowest BCUT2D eigenvalue weighted by molar-refractivity contribution is -0.834. The standard InChI is InChI=1S/C15H14FN3O8/c1-25-14(20)7-27-13-4-9(16)10(5-11(13)18(22)23)17-8-19(24)2-3-26-6-12(19)15(17)21/h4-6H,2-3,7-8H2,1H3. The molecule has 0 saturated carbocycles. The fraction of sp³-hybridized carbons (Fsp3) is 0.333. The highest BCUT2D eigenvalue weighted by molar-refractivity contribution is 6.06. The van der Waals surface area contributed by atoms with Crippen molar-refractivity contribution in [2.45, 2.75) is 0 Å². The molecule has 144 valence electrons. The second-order valence-electron chi connectivity index (χ2n) is 5.75. The van der Waals surface area contributed by atoms with Gasteiger partial charge < -0.3 is 24.1 Å². The van der Waals surface area contributed by atoms with Crippen molar-refractivity contribution in [3.8, 4) is 5.75 Å². The largest absolute Gasteiger partial charge is 0.626 e. The van der Waals surface area contributed by atoms with E-state index in [9.17, 15) is 29.3 Å². The molecule has 1 saturated heterocycles. The summed E-state index contributed by atoms with van der Waals surface area (Å²) in [5.41, 5.74) is -1.33. The highest BCUT2D eigenvalue weighted by atomic mass is 19.1. The Hall–Kier alpha value is -3.25. The van der Waals surface area contributed by atoms with Crippen LogP contribution in [0, 0.1) is 21.1 Å². The van der Waals surface area contributed by atoms with Crippen molar-refractivity contribution in [3.05, 3.63) is 45.2 Å². The molecule has 1 aromatic rings. The molecular formula is C15H14FN3O8. The first-order chi connectivity index (χ1) is 12.8. The highest BCUT2D eigenvalue weighted by Gasteiger charge is 2.47. The van der Waals surface area contributed by atoms with Crippen LogP contribution in [0.2, 0.25) is 0 Å². The van der Waals surface area contributed by atoms with Gasteiger partial charge in [-0.05, 0) is 0 Å². The Balaban J connectivity index is 1.97. The molecule has 0 bridgehead atoms. The lowest BCUT2D eigenvalue weighted by Crippen LogP contribution is -2.44. The Morgan fingerprint density at radius 1 is 1.48 bits per heavy atom. The van der Waals surface area contributed by atoms with Crippen LogP contribution in [0.15, 0.2) is 24.1 Å². The molecule has 2 heterocycles. The molecule has 3 rings (SSSR count). The number of halogens is 1. The molecule has 1 fully saturated rings. The SMILES string of the molecule is COC(=O)COc1cc(F)c(N2C[N+]3([O-])CCOC=C3C2=O)cc1[N+](=O)[O-]. The maximum Gasteiger partial charge on any atom is 0.343 e. The van der Waals surface area contributed by atoms with E-state index in [0.29, 0.717) is 6.07 Å². The number of benzene rings is 1. The van der Waals surface area contributed by atoms with Gasteiger partial charge in [-0.3, -0.25) is 19.8 Å². The number of quaternary nitrogens is 1. The van der Waals surface area contributed by atoms with Crippen molar-refractivity contribution in [1.29, 1.82) is 0 Å². The van der Waals surface area contributed by atoms with Crippen LogP contribution in [0.4, 0.5) is 15.8 Å². The second-order valence-corrected chi connectivity index (χ2v) is 5.75. The smallest absolute Gasteiger partial charge is 0.343 e. The summed E-state index contributed by atoms with van der Waals surface area (Å²) in [4.78, 5) is 34.8. The zero-order valence-corrected chi connectivity index (χ0v) is 14.0. The summed E-state index contributed by atoms with van der Waals surface area (Å²) in [5.74, 6) is -3.15. The minimum Gasteiger partial charge on any atom is -0.626 e. The molecule has 1 atom stereocenters. The van der Waals surface area contributed by atoms with E-state index >= 15 is 0 Å². The van der Waals surface area contributed by atoms with Gasteiger partial charge in [0.2, 0.25) is 11.4 Å². The molecular weight excluding hydrogens is 369 g/mol. The molecule has 0 spiro atoms. The van der Waals surface area contributed by atoms with Crippen LogP contribution in [0.1, 0.15) is 0 Å². The van der Waals surface area contributed by atoms with Gasteiger partial charge in [-0.1, -0.05) is 0 Å². The van der Waals surface area contributed by atoms with Gasteiger partial charge in [0, 0.05) is 12.1 Å². The van der Waals surface area contributed by atoms with E-state index < -0.39 is 57.7 Å². The van der Waals surface area contributed by atoms with E-state index in [1.54, 1.807) is 0 Å². The maximum atomic E-state index is 14.6. The quantitative estimate of drug-likeness (QED) is 0.240. The number of hydrogen-bond donors (Lipinski definition) is 0. The Kier molecular flexibility index (Phi) is 4.68. The Bertz CT molecular complexity index is 858. The molecule has 0 N–H and O–H groups in total. The van der Waals surface area contributed by atoms with Crippen LogP contribution in [0.25, 0.3) is 0 Å². The van der Waals surface area contributed by atoms with Crippen LogP contribution in [0.3, 0.4) is 0 Å². The van der Waals surface area contributed by atoms with Crippen molar-refractivity contribution in [2.75, 3.05) is 38.4 Å². The lowest BCUT2D eigenvalue weighted by atomic mass is 10.2. The van der Waals surface area contributed by atoms with Crippen LogP contribution < -0.4 is 9.64 Å². The first-order valence-electron chi connectivity index (χ1n) is 7.66. The lowest BCUT2D eigenvalue weighted by Gasteiger charge is -2.38. The molecule has 12 heteroatoms. The number of nitro groups is 1. The number of hydrogen-bond acceptors (Lipinski definition) is 8. The molecule has 2 aliphatic heterocycles. The number of fused-ring (bicyclic) bond motifs is 1. The second kappa shape index (κ2) is 6.81. The van der Waals surface area contributed by atoms with Gasteiger partial charge in [-0.25, -0.2) is 9.18 Å². The first kappa shape index (κ1) is 18.5. The third kappa shape index (κ3) is 3.27. The Morgan fingerprint density at radius 2 is 2.22 bits per heavy atom. The summed E-state index contributed by atoms with van der Waals surface area (Å²) < 4.78 is 27.8. The van der Waals surface area contributed by atoms with Crippen molar-refractivity contribution in [3.63, 3.8) is 0 Å². The van der Waals surface area contributed by atoms with Crippen molar-refractivity contribution >= 4 is 23.3 Å². The molecule has 27 heavy (non-hydrogen) atoms. The number of amides is 1. The number of rotatable bonds is 5. The highest BCUT2D eigenvalue weighted by Crippen LogP contribution is 2.39. The molecule has 1 aromatic carbocycles. The van der Waals surface area contributed by atoms with Crippen LogP contribution in [-0.2, 0) is 19.1 Å². The number of carbonyl (C=O) groups is 2. The minimum atomic E-state index is -1.04. The molecule has 0 aliphatic carbocycles. The number of nitrogens with zero attached hydrogens (tertiary/aromatic N) is 3. The molecule has 0 radical (unpaired) electrons. The summed E-state index contributed by atoms with van der Waals surface area (Å²) in [5, 5.41) is 24.0. The number of ether oxygens (including phenoxy) is 3. The van der Waals surface area contributed by atoms with Gasteiger partial charge >= 0.3 is 17.6 Å².